The summed E-state index contributed by atoms with van der Waals surface area (Å²) >= 11 is 3.72. The SMILES string of the molecule is COC(=O)[C@@H](CCSC)NC(=O)c1ccccc1I. The van der Waals surface area contributed by atoms with Gasteiger partial charge in [0.15, 0.2) is 0 Å². The number of rotatable bonds is 6. The van der Waals surface area contributed by atoms with E-state index in [2.05, 4.69) is 27.9 Å². The zero-order chi connectivity index (χ0) is 14.3. The van der Waals surface area contributed by atoms with Gasteiger partial charge in [-0.25, -0.2) is 4.79 Å². The second-order valence-electron chi connectivity index (χ2n) is 3.81. The van der Waals surface area contributed by atoms with Gasteiger partial charge >= 0.3 is 5.97 Å². The highest BCUT2D eigenvalue weighted by Crippen LogP contribution is 2.12. The molecule has 0 aliphatic carbocycles. The summed E-state index contributed by atoms with van der Waals surface area (Å²) in [6.07, 6.45) is 2.51. The van der Waals surface area contributed by atoms with Crippen LogP contribution >= 0.6 is 34.4 Å². The highest BCUT2D eigenvalue weighted by atomic mass is 127. The van der Waals surface area contributed by atoms with Crippen LogP contribution in [0.15, 0.2) is 24.3 Å². The third-order valence-electron chi connectivity index (χ3n) is 2.52. The Kier molecular flexibility index (Phi) is 7.22. The van der Waals surface area contributed by atoms with Crippen LogP contribution in [0.3, 0.4) is 0 Å². The molecule has 0 fully saturated rings. The van der Waals surface area contributed by atoms with Gasteiger partial charge in [-0.2, -0.15) is 11.8 Å². The number of nitrogens with one attached hydrogen (secondary N) is 1. The average molecular weight is 393 g/mol. The molecule has 1 atom stereocenters. The van der Waals surface area contributed by atoms with E-state index in [0.717, 1.165) is 9.32 Å². The highest BCUT2D eigenvalue weighted by Gasteiger charge is 2.22. The first kappa shape index (κ1) is 16.3. The number of methoxy groups -OCH3 is 1. The average Bonchev–Trinajstić information content (AvgIpc) is 2.42. The van der Waals surface area contributed by atoms with Crippen LogP contribution < -0.4 is 5.32 Å². The smallest absolute Gasteiger partial charge is 0.328 e. The van der Waals surface area contributed by atoms with Crippen LogP contribution in [0.5, 0.6) is 0 Å². The Hall–Kier alpha value is -0.760. The summed E-state index contributed by atoms with van der Waals surface area (Å²) in [5.74, 6) is 0.126. The molecular formula is C13H16INO3S. The fourth-order valence-electron chi connectivity index (χ4n) is 1.51. The molecule has 4 nitrogen and oxygen atoms in total. The van der Waals surface area contributed by atoms with E-state index in [9.17, 15) is 9.59 Å². The lowest BCUT2D eigenvalue weighted by Crippen LogP contribution is -2.42. The number of hydrogen-bond donors (Lipinski definition) is 1. The van der Waals surface area contributed by atoms with Crippen LogP contribution in [0.2, 0.25) is 0 Å². The number of amides is 1. The lowest BCUT2D eigenvalue weighted by molar-refractivity contribution is -0.142. The number of carbonyl (C=O) groups excluding carboxylic acids is 2. The molecule has 6 heteroatoms. The molecule has 0 saturated heterocycles. The van der Waals surface area contributed by atoms with Crippen LogP contribution in [0.4, 0.5) is 0 Å². The van der Waals surface area contributed by atoms with E-state index in [1.165, 1.54) is 7.11 Å². The van der Waals surface area contributed by atoms with Crippen molar-refractivity contribution in [3.8, 4) is 0 Å². The molecule has 0 radical (unpaired) electrons. The zero-order valence-corrected chi connectivity index (χ0v) is 13.8. The molecule has 104 valence electrons. The minimum absolute atomic E-state index is 0.249. The molecule has 1 N–H and O–H groups in total. The summed E-state index contributed by atoms with van der Waals surface area (Å²) in [6, 6.07) is 6.65. The first-order chi connectivity index (χ1) is 9.10. The Morgan fingerprint density at radius 1 is 1.42 bits per heavy atom. The predicted molar refractivity (Wildman–Crippen MR) is 85.4 cm³/mol. The summed E-state index contributed by atoms with van der Waals surface area (Å²) in [5.41, 5.74) is 0.571. The van der Waals surface area contributed by atoms with Gasteiger partial charge < -0.3 is 10.1 Å². The fourth-order valence-corrected chi connectivity index (χ4v) is 2.61. The molecule has 0 saturated carbocycles. The van der Waals surface area contributed by atoms with Gasteiger partial charge in [0.1, 0.15) is 6.04 Å². The van der Waals surface area contributed by atoms with E-state index >= 15 is 0 Å². The van der Waals surface area contributed by atoms with E-state index < -0.39 is 12.0 Å². The van der Waals surface area contributed by atoms with Gasteiger partial charge in [0.05, 0.1) is 12.7 Å². The number of esters is 1. The number of benzene rings is 1. The second-order valence-corrected chi connectivity index (χ2v) is 5.96. The molecule has 0 bridgehead atoms. The second kappa shape index (κ2) is 8.42. The monoisotopic (exact) mass is 393 g/mol. The fraction of sp³-hybridized carbons (Fsp3) is 0.385. The van der Waals surface area contributed by atoms with Gasteiger partial charge in [-0.3, -0.25) is 4.79 Å². The molecule has 1 rings (SSSR count). The lowest BCUT2D eigenvalue weighted by atomic mass is 10.1. The number of thioether (sulfide) groups is 1. The molecular weight excluding hydrogens is 377 g/mol. The van der Waals surface area contributed by atoms with Crippen molar-refractivity contribution in [1.82, 2.24) is 5.32 Å². The normalized spacial score (nSPS) is 11.7. The van der Waals surface area contributed by atoms with Crippen molar-refractivity contribution in [3.63, 3.8) is 0 Å². The number of ether oxygens (including phenoxy) is 1. The largest absolute Gasteiger partial charge is 0.467 e. The van der Waals surface area contributed by atoms with Crippen molar-refractivity contribution in [2.24, 2.45) is 0 Å². The van der Waals surface area contributed by atoms with E-state index in [4.69, 9.17) is 4.74 Å². The van der Waals surface area contributed by atoms with Gasteiger partial charge in [0.2, 0.25) is 0 Å². The van der Waals surface area contributed by atoms with Gasteiger partial charge in [0, 0.05) is 3.57 Å². The third-order valence-corrected chi connectivity index (χ3v) is 4.10. The highest BCUT2D eigenvalue weighted by molar-refractivity contribution is 14.1. The van der Waals surface area contributed by atoms with Crippen LogP contribution in [-0.4, -0.2) is 37.0 Å². The quantitative estimate of drug-likeness (QED) is 0.596. The Morgan fingerprint density at radius 2 is 2.11 bits per heavy atom. The topological polar surface area (TPSA) is 55.4 Å². The predicted octanol–water partition coefficient (Wildman–Crippen LogP) is 2.32. The molecule has 0 aliphatic rings. The number of carbonyl (C=O) groups is 2. The standard InChI is InChI=1S/C13H16INO3S/c1-18-13(17)11(7-8-19-2)15-12(16)9-5-3-4-6-10(9)14/h3-6,11H,7-8H2,1-2H3,(H,15,16)/t11-/m1/s1. The minimum Gasteiger partial charge on any atom is -0.467 e. The molecule has 19 heavy (non-hydrogen) atoms. The first-order valence-corrected chi connectivity index (χ1v) is 8.19. The van der Waals surface area contributed by atoms with Crippen molar-refractivity contribution in [1.29, 1.82) is 0 Å². The van der Waals surface area contributed by atoms with Crippen molar-refractivity contribution >= 4 is 46.2 Å². The molecule has 0 aliphatic heterocycles. The van der Waals surface area contributed by atoms with Gasteiger partial charge in [-0.15, -0.1) is 0 Å². The number of halogens is 1. The van der Waals surface area contributed by atoms with E-state index in [0.29, 0.717) is 12.0 Å². The van der Waals surface area contributed by atoms with Crippen molar-refractivity contribution in [2.45, 2.75) is 12.5 Å². The molecule has 0 heterocycles. The van der Waals surface area contributed by atoms with Crippen molar-refractivity contribution in [3.05, 3.63) is 33.4 Å². The van der Waals surface area contributed by atoms with E-state index in [1.54, 1.807) is 23.9 Å². The van der Waals surface area contributed by atoms with E-state index in [-0.39, 0.29) is 5.91 Å². The molecule has 1 aromatic carbocycles. The zero-order valence-electron chi connectivity index (χ0n) is 10.8. The molecule has 1 amide bonds. The lowest BCUT2D eigenvalue weighted by Gasteiger charge is -2.16. The third kappa shape index (κ3) is 5.02. The molecule has 1 aromatic rings. The van der Waals surface area contributed by atoms with Gasteiger partial charge in [-0.05, 0) is 53.2 Å². The Bertz CT molecular complexity index is 453. The van der Waals surface area contributed by atoms with Crippen LogP contribution in [0.25, 0.3) is 0 Å². The summed E-state index contributed by atoms with van der Waals surface area (Å²) < 4.78 is 5.56. The molecule has 0 unspecified atom stereocenters. The molecule has 0 spiro atoms. The summed E-state index contributed by atoms with van der Waals surface area (Å²) in [4.78, 5) is 23.8. The van der Waals surface area contributed by atoms with Gasteiger partial charge in [-0.1, -0.05) is 12.1 Å². The maximum atomic E-state index is 12.1. The van der Waals surface area contributed by atoms with Crippen molar-refractivity contribution < 1.29 is 14.3 Å². The van der Waals surface area contributed by atoms with Gasteiger partial charge in [0.25, 0.3) is 5.91 Å². The summed E-state index contributed by atoms with van der Waals surface area (Å²) in [7, 11) is 1.33. The Morgan fingerprint density at radius 3 is 2.68 bits per heavy atom. The van der Waals surface area contributed by atoms with Crippen LogP contribution in [0.1, 0.15) is 16.8 Å². The Labute approximate surface area is 130 Å². The minimum atomic E-state index is -0.596. The summed E-state index contributed by atoms with van der Waals surface area (Å²) in [6.45, 7) is 0. The van der Waals surface area contributed by atoms with Crippen LogP contribution in [-0.2, 0) is 9.53 Å². The van der Waals surface area contributed by atoms with Crippen molar-refractivity contribution in [2.75, 3.05) is 19.1 Å². The Balaban J connectivity index is 2.76. The van der Waals surface area contributed by atoms with Crippen LogP contribution in [0, 0.1) is 3.57 Å². The maximum Gasteiger partial charge on any atom is 0.328 e. The summed E-state index contributed by atoms with van der Waals surface area (Å²) in [5, 5.41) is 2.73. The van der Waals surface area contributed by atoms with E-state index in [1.807, 2.05) is 18.4 Å². The number of hydrogen-bond acceptors (Lipinski definition) is 4. The first-order valence-electron chi connectivity index (χ1n) is 5.72. The molecule has 0 aromatic heterocycles. The maximum absolute atomic E-state index is 12.1.